The molecule has 2 rings (SSSR count). The number of nitrogens with one attached hydrogen (secondary N) is 1. The van der Waals surface area contributed by atoms with Crippen LogP contribution in [0.2, 0.25) is 0 Å². The van der Waals surface area contributed by atoms with Gasteiger partial charge in [0.25, 0.3) is 0 Å². The van der Waals surface area contributed by atoms with Crippen molar-refractivity contribution in [3.8, 4) is 0 Å². The molecule has 2 aliphatic heterocycles. The normalized spacial score (nSPS) is 39.0. The lowest BCUT2D eigenvalue weighted by Crippen LogP contribution is -2.64. The zero-order valence-electron chi connectivity index (χ0n) is 15.0. The Labute approximate surface area is 153 Å². The van der Waals surface area contributed by atoms with Gasteiger partial charge in [0, 0.05) is 0 Å². The molecule has 1 amide bonds. The Kier molecular flexibility index (Phi) is 7.30. The highest BCUT2D eigenvalue weighted by atomic mass is 32.2. The van der Waals surface area contributed by atoms with Crippen LogP contribution < -0.4 is 5.32 Å². The van der Waals surface area contributed by atoms with Crippen molar-refractivity contribution in [2.45, 2.75) is 61.7 Å². The van der Waals surface area contributed by atoms with Crippen LogP contribution in [0.1, 0.15) is 19.8 Å². The molecule has 0 aromatic rings. The van der Waals surface area contributed by atoms with Crippen LogP contribution in [-0.4, -0.2) is 87.9 Å². The number of carbonyl (C=O) groups is 1. The first-order valence-electron chi connectivity index (χ1n) is 8.67. The fourth-order valence-corrected chi connectivity index (χ4v) is 4.21. The van der Waals surface area contributed by atoms with Crippen molar-refractivity contribution in [2.75, 3.05) is 19.8 Å². The van der Waals surface area contributed by atoms with Crippen molar-refractivity contribution in [2.24, 2.45) is 5.92 Å². The summed E-state index contributed by atoms with van der Waals surface area (Å²) in [5.74, 6) is -0.295. The molecule has 8 unspecified atom stereocenters. The third-order valence-corrected chi connectivity index (χ3v) is 6.12. The first-order valence-corrected chi connectivity index (χ1v) is 9.96. The van der Waals surface area contributed by atoms with Gasteiger partial charge in [-0.1, -0.05) is 13.0 Å². The number of ether oxygens (including phenoxy) is 1. The van der Waals surface area contributed by atoms with Crippen LogP contribution >= 0.6 is 11.8 Å². The molecule has 0 aliphatic carbocycles. The summed E-state index contributed by atoms with van der Waals surface area (Å²) < 4.78 is 5.83. The van der Waals surface area contributed by atoms with Gasteiger partial charge < -0.3 is 25.4 Å². The lowest BCUT2D eigenvalue weighted by atomic mass is 9.88. The Morgan fingerprint density at radius 3 is 2.56 bits per heavy atom. The van der Waals surface area contributed by atoms with E-state index in [-0.39, 0.29) is 17.9 Å². The summed E-state index contributed by atoms with van der Waals surface area (Å²) >= 11 is 1.25. The summed E-state index contributed by atoms with van der Waals surface area (Å²) in [5, 5.41) is 33.6. The molecule has 2 aliphatic rings. The largest absolute Gasteiger partial charge is 0.388 e. The Bertz CT molecular complexity index is 478. The molecule has 0 aromatic heterocycles. The summed E-state index contributed by atoms with van der Waals surface area (Å²) in [6.45, 7) is 6.53. The number of likely N-dealkylation sites (N-methyl/N-ethyl adjacent to an activating group) is 1. The van der Waals surface area contributed by atoms with Crippen LogP contribution in [0, 0.1) is 5.92 Å². The first kappa shape index (κ1) is 20.7. The number of nitrogens with zero attached hydrogens (tertiary/aromatic N) is 1. The van der Waals surface area contributed by atoms with Crippen LogP contribution in [0.3, 0.4) is 0 Å². The molecule has 7 nitrogen and oxygen atoms in total. The molecule has 0 bridgehead atoms. The highest BCUT2D eigenvalue weighted by Crippen LogP contribution is 2.31. The lowest BCUT2D eigenvalue weighted by molar-refractivity contribution is -0.207. The lowest BCUT2D eigenvalue weighted by Gasteiger charge is -2.44. The van der Waals surface area contributed by atoms with E-state index in [1.165, 1.54) is 11.8 Å². The van der Waals surface area contributed by atoms with Crippen molar-refractivity contribution in [1.29, 1.82) is 0 Å². The van der Waals surface area contributed by atoms with E-state index in [4.69, 9.17) is 4.74 Å². The van der Waals surface area contributed by atoms with Crippen molar-refractivity contribution in [3.05, 3.63) is 12.7 Å². The molecule has 0 radical (unpaired) electrons. The van der Waals surface area contributed by atoms with Gasteiger partial charge in [0.2, 0.25) is 5.91 Å². The monoisotopic (exact) mass is 374 g/mol. The van der Waals surface area contributed by atoms with Crippen molar-refractivity contribution < 1.29 is 24.9 Å². The summed E-state index contributed by atoms with van der Waals surface area (Å²) in [4.78, 5) is 14.7. The fourth-order valence-electron chi connectivity index (χ4n) is 3.53. The zero-order chi connectivity index (χ0) is 18.7. The minimum Gasteiger partial charge on any atom is -0.388 e. The average Bonchev–Trinajstić information content (AvgIpc) is 3.03. The van der Waals surface area contributed by atoms with E-state index in [0.29, 0.717) is 0 Å². The maximum absolute atomic E-state index is 12.7. The average molecular weight is 375 g/mol. The second-order valence-corrected chi connectivity index (χ2v) is 7.88. The minimum absolute atomic E-state index is 0.115. The molecule has 4 N–H and O–H groups in total. The van der Waals surface area contributed by atoms with Gasteiger partial charge in [0.05, 0.1) is 12.1 Å². The predicted octanol–water partition coefficient (Wildman–Crippen LogP) is -0.442. The molecule has 0 saturated carbocycles. The molecule has 0 spiro atoms. The number of amides is 1. The number of carbonyl (C=O) groups excluding carboxylic acids is 1. The Balaban J connectivity index is 2.18. The quantitative estimate of drug-likeness (QED) is 0.468. The summed E-state index contributed by atoms with van der Waals surface area (Å²) in [6.07, 6.45) is 0.558. The molecule has 0 aromatic carbocycles. The molecule has 144 valence electrons. The van der Waals surface area contributed by atoms with E-state index < -0.39 is 35.9 Å². The molecule has 8 atom stereocenters. The van der Waals surface area contributed by atoms with Crippen molar-refractivity contribution in [1.82, 2.24) is 10.2 Å². The summed E-state index contributed by atoms with van der Waals surface area (Å²) in [7, 11) is 1.92. The number of aliphatic hydroxyl groups is 3. The number of likely N-dealkylation sites (tertiary alicyclic amines) is 1. The standard InChI is InChI=1S/C17H30N2O5S/c1-5-9(2)11(18-16(23)10-7-6-8-19(10)3)15-13(21)12(20)14(22)17(24-15)25-4/h5,9-15,17,20-22H,1,6-8H2,2-4H3,(H,18,23). The van der Waals surface area contributed by atoms with Gasteiger partial charge in [-0.3, -0.25) is 9.69 Å². The van der Waals surface area contributed by atoms with Gasteiger partial charge in [-0.2, -0.15) is 0 Å². The number of thioether (sulfide) groups is 1. The number of rotatable bonds is 6. The second kappa shape index (κ2) is 8.83. The van der Waals surface area contributed by atoms with Crippen LogP contribution in [0.15, 0.2) is 12.7 Å². The van der Waals surface area contributed by atoms with Crippen LogP contribution in [0.5, 0.6) is 0 Å². The SMILES string of the molecule is C=CC(C)C(NC(=O)C1CCCN1C)C1OC(SC)C(O)C(O)C1O. The summed E-state index contributed by atoms with van der Waals surface area (Å²) in [5.41, 5.74) is -0.672. The van der Waals surface area contributed by atoms with E-state index in [2.05, 4.69) is 11.9 Å². The first-order chi connectivity index (χ1) is 11.8. The van der Waals surface area contributed by atoms with E-state index >= 15 is 0 Å². The van der Waals surface area contributed by atoms with Crippen LogP contribution in [0.25, 0.3) is 0 Å². The molecule has 8 heteroatoms. The highest BCUT2D eigenvalue weighted by molar-refractivity contribution is 7.99. The van der Waals surface area contributed by atoms with E-state index in [9.17, 15) is 20.1 Å². The molecule has 2 heterocycles. The number of aliphatic hydroxyl groups excluding tert-OH is 3. The number of hydrogen-bond donors (Lipinski definition) is 4. The van der Waals surface area contributed by atoms with E-state index in [0.717, 1.165) is 19.4 Å². The van der Waals surface area contributed by atoms with Gasteiger partial charge in [0.15, 0.2) is 0 Å². The molecule has 25 heavy (non-hydrogen) atoms. The maximum Gasteiger partial charge on any atom is 0.237 e. The molecular formula is C17H30N2O5S. The summed E-state index contributed by atoms with van der Waals surface area (Å²) in [6, 6.07) is -0.752. The molecule has 2 fully saturated rings. The van der Waals surface area contributed by atoms with Crippen LogP contribution in [-0.2, 0) is 9.53 Å². The minimum atomic E-state index is -1.33. The third kappa shape index (κ3) is 4.37. The third-order valence-electron chi connectivity index (χ3n) is 5.26. The Morgan fingerprint density at radius 2 is 2.04 bits per heavy atom. The topological polar surface area (TPSA) is 102 Å². The molecular weight excluding hydrogens is 344 g/mol. The van der Waals surface area contributed by atoms with Crippen LogP contribution in [0.4, 0.5) is 0 Å². The Morgan fingerprint density at radius 1 is 1.36 bits per heavy atom. The second-order valence-electron chi connectivity index (χ2n) is 6.94. The van der Waals surface area contributed by atoms with Gasteiger partial charge >= 0.3 is 0 Å². The molecule has 2 saturated heterocycles. The zero-order valence-corrected chi connectivity index (χ0v) is 15.9. The smallest absolute Gasteiger partial charge is 0.237 e. The Hall–Kier alpha value is -0.640. The van der Waals surface area contributed by atoms with Crippen molar-refractivity contribution >= 4 is 17.7 Å². The van der Waals surface area contributed by atoms with Crippen molar-refractivity contribution in [3.63, 3.8) is 0 Å². The predicted molar refractivity (Wildman–Crippen MR) is 97.1 cm³/mol. The van der Waals surface area contributed by atoms with Gasteiger partial charge in [-0.05, 0) is 38.6 Å². The maximum atomic E-state index is 12.7. The van der Waals surface area contributed by atoms with Gasteiger partial charge in [0.1, 0.15) is 29.9 Å². The van der Waals surface area contributed by atoms with E-state index in [1.807, 2.05) is 18.9 Å². The van der Waals surface area contributed by atoms with Gasteiger partial charge in [-0.15, -0.1) is 18.3 Å². The number of hydrogen-bond acceptors (Lipinski definition) is 7. The fraction of sp³-hybridized carbons (Fsp3) is 0.824. The highest BCUT2D eigenvalue weighted by Gasteiger charge is 2.48. The van der Waals surface area contributed by atoms with Gasteiger partial charge in [-0.25, -0.2) is 0 Å². The van der Waals surface area contributed by atoms with E-state index in [1.54, 1.807) is 12.3 Å².